The number of aromatic nitrogens is 1. The van der Waals surface area contributed by atoms with Gasteiger partial charge in [0.05, 0.1) is 34.4 Å². The zero-order chi connectivity index (χ0) is 21.3. The van der Waals surface area contributed by atoms with Crippen molar-refractivity contribution in [2.24, 2.45) is 0 Å². The van der Waals surface area contributed by atoms with Gasteiger partial charge in [-0.1, -0.05) is 12.1 Å². The molecule has 4 rings (SSSR count). The number of amides is 2. The van der Waals surface area contributed by atoms with Crippen LogP contribution >= 0.6 is 11.3 Å². The van der Waals surface area contributed by atoms with E-state index in [1.165, 1.54) is 23.1 Å². The van der Waals surface area contributed by atoms with Gasteiger partial charge in [0.2, 0.25) is 5.91 Å². The number of hydrogen-bond acceptors (Lipinski definition) is 6. The number of thiazole rings is 1. The van der Waals surface area contributed by atoms with Gasteiger partial charge < -0.3 is 10.2 Å². The van der Waals surface area contributed by atoms with Crippen molar-refractivity contribution in [3.05, 3.63) is 64.4 Å². The van der Waals surface area contributed by atoms with Gasteiger partial charge in [-0.3, -0.25) is 9.59 Å². The van der Waals surface area contributed by atoms with Crippen LogP contribution in [-0.2, 0) is 4.79 Å². The predicted octanol–water partition coefficient (Wildman–Crippen LogP) is 2.89. The predicted molar refractivity (Wildman–Crippen MR) is 106 cm³/mol. The number of benzene rings is 2. The Morgan fingerprint density at radius 2 is 2.00 bits per heavy atom. The fourth-order valence-corrected chi connectivity index (χ4v) is 4.09. The van der Waals surface area contributed by atoms with E-state index in [9.17, 15) is 19.2 Å². The molecule has 30 heavy (non-hydrogen) atoms. The van der Waals surface area contributed by atoms with Gasteiger partial charge in [-0.05, 0) is 35.9 Å². The Kier molecular flexibility index (Phi) is 4.97. The first-order valence-electron chi connectivity index (χ1n) is 8.77. The zero-order valence-electron chi connectivity index (χ0n) is 15.3. The summed E-state index contributed by atoms with van der Waals surface area (Å²) >= 11 is 1.11. The maximum absolute atomic E-state index is 13.8. The molecule has 0 atom stereocenters. The van der Waals surface area contributed by atoms with Gasteiger partial charge in [0, 0.05) is 5.56 Å². The Hall–Kier alpha value is -4.08. The van der Waals surface area contributed by atoms with Crippen LogP contribution in [0.5, 0.6) is 0 Å². The van der Waals surface area contributed by atoms with Crippen LogP contribution in [0.2, 0.25) is 0 Å². The molecule has 3 aromatic rings. The summed E-state index contributed by atoms with van der Waals surface area (Å²) in [6.07, 6.45) is 0. The van der Waals surface area contributed by atoms with Crippen LogP contribution in [-0.4, -0.2) is 34.9 Å². The van der Waals surface area contributed by atoms with E-state index in [1.54, 1.807) is 30.3 Å². The molecule has 146 valence electrons. The van der Waals surface area contributed by atoms with Crippen LogP contribution < -0.4 is 5.32 Å². The molecule has 2 amide bonds. The second-order valence-electron chi connectivity index (χ2n) is 6.46. The minimum atomic E-state index is -0.650. The van der Waals surface area contributed by atoms with Gasteiger partial charge in [-0.15, -0.1) is 11.3 Å². The van der Waals surface area contributed by atoms with E-state index < -0.39 is 11.7 Å². The molecule has 0 spiro atoms. The minimum absolute atomic E-state index is 0.0534. The Balaban J connectivity index is 1.86. The lowest BCUT2D eigenvalue weighted by Crippen LogP contribution is -2.29. The fourth-order valence-electron chi connectivity index (χ4n) is 3.04. The van der Waals surface area contributed by atoms with Crippen LogP contribution in [0.15, 0.2) is 42.5 Å². The first-order chi connectivity index (χ1) is 14.5. The second kappa shape index (κ2) is 7.74. The molecule has 1 N–H and O–H groups in total. The Labute approximate surface area is 174 Å². The van der Waals surface area contributed by atoms with Crippen molar-refractivity contribution in [1.29, 1.82) is 10.5 Å². The maximum atomic E-state index is 13.8. The van der Waals surface area contributed by atoms with Gasteiger partial charge in [-0.2, -0.15) is 10.5 Å². The first kappa shape index (κ1) is 19.2. The molecule has 7 nitrogen and oxygen atoms in total. The standard InChI is InChI=1S/C21H12FN5O2S/c22-16-5-4-13(7-15(16)9-24)18-19(14-3-1-2-12(6-14)8-23)30-20(26-18)21(29)27-10-17(28)25-11-27/h1-7H,10-11H2,(H,25,28). The van der Waals surface area contributed by atoms with Gasteiger partial charge in [0.15, 0.2) is 5.01 Å². The van der Waals surface area contributed by atoms with E-state index in [2.05, 4.69) is 16.4 Å². The molecule has 1 aliphatic heterocycles. The van der Waals surface area contributed by atoms with Crippen molar-refractivity contribution < 1.29 is 14.0 Å². The summed E-state index contributed by atoms with van der Waals surface area (Å²) in [4.78, 5) is 30.7. The lowest BCUT2D eigenvalue weighted by atomic mass is 10.0. The van der Waals surface area contributed by atoms with Gasteiger partial charge >= 0.3 is 0 Å². The molecular formula is C21H12FN5O2S. The van der Waals surface area contributed by atoms with Gasteiger partial charge in [-0.25, -0.2) is 9.37 Å². The van der Waals surface area contributed by atoms with E-state index in [0.717, 1.165) is 11.3 Å². The SMILES string of the molecule is N#Cc1cccc(-c2sc(C(=O)N3CNC(=O)C3)nc2-c2ccc(F)c(C#N)c2)c1. The monoisotopic (exact) mass is 417 g/mol. The number of carbonyl (C=O) groups is 2. The van der Waals surface area contributed by atoms with Crippen molar-refractivity contribution >= 4 is 23.2 Å². The highest BCUT2D eigenvalue weighted by atomic mass is 32.1. The molecule has 0 saturated carbocycles. The average molecular weight is 417 g/mol. The van der Waals surface area contributed by atoms with E-state index in [1.807, 2.05) is 0 Å². The highest BCUT2D eigenvalue weighted by molar-refractivity contribution is 7.17. The van der Waals surface area contributed by atoms with E-state index in [0.29, 0.717) is 27.3 Å². The Morgan fingerprint density at radius 3 is 2.70 bits per heavy atom. The first-order valence-corrected chi connectivity index (χ1v) is 9.59. The van der Waals surface area contributed by atoms with Crippen LogP contribution in [0.3, 0.4) is 0 Å². The van der Waals surface area contributed by atoms with Gasteiger partial charge in [0.1, 0.15) is 18.4 Å². The number of carbonyl (C=O) groups excluding carboxylic acids is 2. The Bertz CT molecular complexity index is 1270. The molecular weight excluding hydrogens is 405 g/mol. The van der Waals surface area contributed by atoms with Gasteiger partial charge in [0.25, 0.3) is 5.91 Å². The molecule has 0 bridgehead atoms. The highest BCUT2D eigenvalue weighted by Crippen LogP contribution is 2.38. The largest absolute Gasteiger partial charge is 0.337 e. The molecule has 1 fully saturated rings. The van der Waals surface area contributed by atoms with Crippen LogP contribution in [0.25, 0.3) is 21.7 Å². The third-order valence-corrected chi connectivity index (χ3v) is 5.61. The average Bonchev–Trinajstić information content (AvgIpc) is 3.40. The molecule has 1 aliphatic rings. The van der Waals surface area contributed by atoms with Crippen molar-refractivity contribution in [1.82, 2.24) is 15.2 Å². The number of nitrogens with zero attached hydrogens (tertiary/aromatic N) is 4. The van der Waals surface area contributed by atoms with Crippen LogP contribution in [0, 0.1) is 28.5 Å². The highest BCUT2D eigenvalue weighted by Gasteiger charge is 2.28. The number of hydrogen-bond donors (Lipinski definition) is 1. The smallest absolute Gasteiger partial charge is 0.284 e. The molecule has 0 radical (unpaired) electrons. The maximum Gasteiger partial charge on any atom is 0.284 e. The molecule has 1 aromatic heterocycles. The number of halogens is 1. The zero-order valence-corrected chi connectivity index (χ0v) is 16.2. The lowest BCUT2D eigenvalue weighted by Gasteiger charge is -2.10. The Morgan fingerprint density at radius 1 is 1.17 bits per heavy atom. The minimum Gasteiger partial charge on any atom is -0.337 e. The van der Waals surface area contributed by atoms with E-state index >= 15 is 0 Å². The summed E-state index contributed by atoms with van der Waals surface area (Å²) in [5.41, 5.74) is 1.83. The summed E-state index contributed by atoms with van der Waals surface area (Å²) in [6.45, 7) is 0.0447. The van der Waals surface area contributed by atoms with Crippen LogP contribution in [0.4, 0.5) is 4.39 Å². The molecule has 2 heterocycles. The van der Waals surface area contributed by atoms with E-state index in [4.69, 9.17) is 5.26 Å². The van der Waals surface area contributed by atoms with E-state index in [-0.39, 0.29) is 29.7 Å². The summed E-state index contributed by atoms with van der Waals surface area (Å²) in [7, 11) is 0. The molecule has 0 unspecified atom stereocenters. The fraction of sp³-hybridized carbons (Fsp3) is 0.0952. The third-order valence-electron chi connectivity index (χ3n) is 4.51. The normalized spacial score (nSPS) is 12.9. The van der Waals surface area contributed by atoms with Crippen LogP contribution in [0.1, 0.15) is 20.9 Å². The third kappa shape index (κ3) is 3.50. The molecule has 1 saturated heterocycles. The van der Waals surface area contributed by atoms with Crippen molar-refractivity contribution in [2.45, 2.75) is 0 Å². The second-order valence-corrected chi connectivity index (χ2v) is 7.46. The summed E-state index contributed by atoms with van der Waals surface area (Å²) in [5.74, 6) is -1.31. The topological polar surface area (TPSA) is 110 Å². The molecule has 0 aliphatic carbocycles. The summed E-state index contributed by atoms with van der Waals surface area (Å²) in [6, 6.07) is 14.7. The van der Waals surface area contributed by atoms with Crippen molar-refractivity contribution in [3.63, 3.8) is 0 Å². The van der Waals surface area contributed by atoms with Crippen molar-refractivity contribution in [2.75, 3.05) is 13.2 Å². The molecule has 9 heteroatoms. The summed E-state index contributed by atoms with van der Waals surface area (Å²) < 4.78 is 13.8. The number of nitriles is 2. The number of nitrogens with one attached hydrogen (secondary N) is 1. The van der Waals surface area contributed by atoms with Crippen molar-refractivity contribution in [3.8, 4) is 33.8 Å². The summed E-state index contributed by atoms with van der Waals surface area (Å²) in [5, 5.41) is 21.1. The lowest BCUT2D eigenvalue weighted by molar-refractivity contribution is -0.118. The quantitative estimate of drug-likeness (QED) is 0.705. The number of rotatable bonds is 3. The molecule has 2 aromatic carbocycles.